The van der Waals surface area contributed by atoms with Crippen LogP contribution in [0.5, 0.6) is 0 Å². The summed E-state index contributed by atoms with van der Waals surface area (Å²) >= 11 is 0. The molecule has 0 unspecified atom stereocenters. The molecule has 52 heavy (non-hydrogen) atoms. The third-order valence-corrected chi connectivity index (χ3v) is 8.60. The molecule has 293 valence electrons. The molecular formula is C36H57FeN3O12+3. The summed E-state index contributed by atoms with van der Waals surface area (Å²) in [4.78, 5) is 107. The van der Waals surface area contributed by atoms with Crippen molar-refractivity contribution in [2.45, 2.75) is 99.3 Å². The van der Waals surface area contributed by atoms with Gasteiger partial charge in [0.25, 0.3) is 0 Å². The van der Waals surface area contributed by atoms with E-state index in [2.05, 4.69) is 0 Å². The Kier molecular flexibility index (Phi) is 24.3. The molecule has 3 aliphatic heterocycles. The molecule has 3 amide bonds. The normalized spacial score (nSPS) is 16.4. The van der Waals surface area contributed by atoms with Crippen LogP contribution < -0.4 is 0 Å². The fourth-order valence-corrected chi connectivity index (χ4v) is 5.85. The molecule has 0 bridgehead atoms. The maximum absolute atomic E-state index is 11.6. The summed E-state index contributed by atoms with van der Waals surface area (Å²) in [6.07, 6.45) is 3.65. The van der Waals surface area contributed by atoms with Gasteiger partial charge in [-0.15, -0.1) is 0 Å². The zero-order valence-corrected chi connectivity index (χ0v) is 32.7. The molecule has 0 atom stereocenters. The summed E-state index contributed by atoms with van der Waals surface area (Å²) in [7, 11) is 0. The van der Waals surface area contributed by atoms with E-state index in [1.165, 1.54) is 20.8 Å². The molecular weight excluding hydrogens is 722 g/mol. The van der Waals surface area contributed by atoms with Crippen LogP contribution >= 0.6 is 0 Å². The van der Waals surface area contributed by atoms with Gasteiger partial charge in [0.2, 0.25) is 17.7 Å². The zero-order chi connectivity index (χ0) is 38.5. The topological polar surface area (TPSA) is 191 Å². The van der Waals surface area contributed by atoms with Crippen LogP contribution in [0.1, 0.15) is 99.3 Å². The van der Waals surface area contributed by atoms with Crippen LogP contribution in [0.25, 0.3) is 0 Å². The number of hydrogen-bond donors (Lipinski definition) is 0. The van der Waals surface area contributed by atoms with Gasteiger partial charge in [0.1, 0.15) is 17.3 Å². The molecule has 0 aliphatic carbocycles. The van der Waals surface area contributed by atoms with Crippen LogP contribution in [0.3, 0.4) is 0 Å². The van der Waals surface area contributed by atoms with Crippen LogP contribution in [0.4, 0.5) is 0 Å². The number of rotatable bonds is 12. The van der Waals surface area contributed by atoms with E-state index in [1.54, 1.807) is 35.5 Å². The second-order valence-corrected chi connectivity index (χ2v) is 12.9. The first-order chi connectivity index (χ1) is 24.1. The Morgan fingerprint density at radius 1 is 0.423 bits per heavy atom. The molecule has 3 aliphatic rings. The minimum atomic E-state index is -0.175. The van der Waals surface area contributed by atoms with Crippen molar-refractivity contribution >= 4 is 53.0 Å². The van der Waals surface area contributed by atoms with Crippen molar-refractivity contribution in [2.75, 3.05) is 59.1 Å². The first-order valence-corrected chi connectivity index (χ1v) is 17.9. The van der Waals surface area contributed by atoms with E-state index in [-0.39, 0.29) is 107 Å². The second-order valence-electron chi connectivity index (χ2n) is 12.9. The minimum Gasteiger partial charge on any atom is -0.466 e. The van der Waals surface area contributed by atoms with Crippen molar-refractivity contribution in [3.05, 3.63) is 0 Å². The number of piperidine rings is 3. The quantitative estimate of drug-likeness (QED) is 0.122. The first kappa shape index (κ1) is 48.3. The number of carbonyl (C=O) groups is 9. The van der Waals surface area contributed by atoms with Gasteiger partial charge in [-0.1, -0.05) is 0 Å². The number of esters is 3. The van der Waals surface area contributed by atoms with Crippen molar-refractivity contribution in [3.63, 3.8) is 0 Å². The predicted octanol–water partition coefficient (Wildman–Crippen LogP) is 2.30. The monoisotopic (exact) mass is 779 g/mol. The Morgan fingerprint density at radius 3 is 0.769 bits per heavy atom. The number of hydrogen-bond acceptors (Lipinski definition) is 12. The third kappa shape index (κ3) is 18.7. The number of amides is 3. The number of ether oxygens (including phenoxy) is 3. The molecule has 3 saturated heterocycles. The van der Waals surface area contributed by atoms with Gasteiger partial charge in [0.15, 0.2) is 0 Å². The summed E-state index contributed by atoms with van der Waals surface area (Å²) < 4.78 is 14.8. The fourth-order valence-electron chi connectivity index (χ4n) is 5.85. The number of nitrogens with zero attached hydrogens (tertiary/aromatic N) is 3. The molecule has 3 heterocycles. The van der Waals surface area contributed by atoms with E-state index >= 15 is 0 Å². The summed E-state index contributed by atoms with van der Waals surface area (Å²) in [6, 6.07) is 0. The van der Waals surface area contributed by atoms with Gasteiger partial charge in [-0.3, -0.25) is 43.2 Å². The Bertz CT molecular complexity index is 1070. The largest absolute Gasteiger partial charge is 3.00 e. The predicted molar refractivity (Wildman–Crippen MR) is 184 cm³/mol. The molecule has 3 fully saturated rings. The molecule has 16 heteroatoms. The Hall–Kier alpha value is -3.65. The molecule has 0 spiro atoms. The summed E-state index contributed by atoms with van der Waals surface area (Å²) in [5, 5.41) is 0. The van der Waals surface area contributed by atoms with Crippen molar-refractivity contribution < 1.29 is 74.4 Å². The van der Waals surface area contributed by atoms with Crippen LogP contribution in [0.2, 0.25) is 0 Å². The first-order valence-electron chi connectivity index (χ1n) is 17.9. The Balaban J connectivity index is 0.000000743. The van der Waals surface area contributed by atoms with E-state index in [9.17, 15) is 43.2 Å². The summed E-state index contributed by atoms with van der Waals surface area (Å²) in [5.41, 5.74) is 0. The van der Waals surface area contributed by atoms with Gasteiger partial charge < -0.3 is 28.9 Å². The fraction of sp³-hybridized carbons (Fsp3) is 0.750. The smallest absolute Gasteiger partial charge is 0.466 e. The molecule has 15 nitrogen and oxygen atoms in total. The Labute approximate surface area is 317 Å². The maximum Gasteiger partial charge on any atom is 3.00 e. The third-order valence-electron chi connectivity index (χ3n) is 8.60. The van der Waals surface area contributed by atoms with Gasteiger partial charge in [0, 0.05) is 39.3 Å². The van der Waals surface area contributed by atoms with Crippen molar-refractivity contribution in [2.24, 2.45) is 17.8 Å². The average Bonchev–Trinajstić information content (AvgIpc) is 3.08. The molecule has 0 saturated carbocycles. The van der Waals surface area contributed by atoms with Gasteiger partial charge in [-0.2, -0.15) is 0 Å². The average molecular weight is 780 g/mol. The van der Waals surface area contributed by atoms with E-state index in [0.717, 1.165) is 0 Å². The standard InChI is InChI=1S/3C12H19NO4.Fe/c3*1-3-17-12(16)10-4-6-13(7-5-10)11(15)8-9(2)14;/h3*10H,3-8H2,1-2H3;/q;;;+3. The van der Waals surface area contributed by atoms with E-state index in [0.29, 0.717) is 97.6 Å². The molecule has 0 N–H and O–H groups in total. The second kappa shape index (κ2) is 26.2. The van der Waals surface area contributed by atoms with Gasteiger partial charge in [-0.05, 0) is 80.1 Å². The zero-order valence-electron chi connectivity index (χ0n) is 31.6. The Morgan fingerprint density at radius 2 is 0.615 bits per heavy atom. The van der Waals surface area contributed by atoms with Gasteiger partial charge >= 0.3 is 35.0 Å². The molecule has 0 aromatic heterocycles. The number of likely N-dealkylation sites (tertiary alicyclic amines) is 3. The van der Waals surface area contributed by atoms with E-state index in [1.807, 2.05) is 0 Å². The van der Waals surface area contributed by atoms with Crippen LogP contribution in [0.15, 0.2) is 0 Å². The van der Waals surface area contributed by atoms with Crippen molar-refractivity contribution in [1.82, 2.24) is 14.7 Å². The summed E-state index contributed by atoms with van der Waals surface area (Å²) in [6.45, 7) is 14.0. The molecule has 0 aromatic rings. The van der Waals surface area contributed by atoms with Crippen LogP contribution in [0, 0.1) is 17.8 Å². The van der Waals surface area contributed by atoms with E-state index in [4.69, 9.17) is 14.2 Å². The number of carbonyl (C=O) groups excluding carboxylic acids is 9. The van der Waals surface area contributed by atoms with Crippen molar-refractivity contribution in [1.29, 1.82) is 0 Å². The van der Waals surface area contributed by atoms with Crippen molar-refractivity contribution in [3.8, 4) is 0 Å². The van der Waals surface area contributed by atoms with Gasteiger partial charge in [-0.25, -0.2) is 0 Å². The minimum absolute atomic E-state index is 0. The van der Waals surface area contributed by atoms with Gasteiger partial charge in [0.05, 0.1) is 56.8 Å². The molecule has 3 rings (SSSR count). The summed E-state index contributed by atoms with van der Waals surface area (Å²) in [5.74, 6) is -1.61. The SMILES string of the molecule is CCOC(=O)C1CCN(C(=O)CC(C)=O)CC1.CCOC(=O)C1CCN(C(=O)CC(C)=O)CC1.CCOC(=O)C1CCN(C(=O)CC(C)=O)CC1.[Fe+3]. The maximum atomic E-state index is 11.6. The molecule has 1 radical (unpaired) electrons. The number of ketones is 3. The number of Topliss-reactive ketones (excluding diaryl/α,β-unsaturated/α-hetero) is 3. The van der Waals surface area contributed by atoms with E-state index < -0.39 is 0 Å². The van der Waals surface area contributed by atoms with Crippen LogP contribution in [-0.4, -0.2) is 127 Å². The molecule has 0 aromatic carbocycles. The van der Waals surface area contributed by atoms with Crippen LogP contribution in [-0.2, 0) is 74.4 Å².